The van der Waals surface area contributed by atoms with Gasteiger partial charge in [0, 0.05) is 23.4 Å². The molecule has 0 aliphatic carbocycles. The molecule has 1 aromatic heterocycles. The Balaban J connectivity index is 2.84. The highest BCUT2D eigenvalue weighted by molar-refractivity contribution is 7.99. The molecule has 2 rings (SSSR count). The fourth-order valence-electron chi connectivity index (χ4n) is 2.80. The number of aromatic nitrogens is 1. The third-order valence-corrected chi connectivity index (χ3v) is 4.78. The molecule has 6 heteroatoms. The number of carbonyl (C=O) groups is 2. The number of thioether (sulfide) groups is 1. The molecule has 0 radical (unpaired) electrons. The summed E-state index contributed by atoms with van der Waals surface area (Å²) in [7, 11) is 2.60. The molecule has 0 fully saturated rings. The maximum Gasteiger partial charge on any atom is 0.340 e. The Morgan fingerprint density at radius 1 is 1.12 bits per heavy atom. The summed E-state index contributed by atoms with van der Waals surface area (Å²) in [4.78, 5) is 24.2. The van der Waals surface area contributed by atoms with Crippen LogP contribution in [0.3, 0.4) is 0 Å². The van der Waals surface area contributed by atoms with Crippen LogP contribution in [-0.4, -0.2) is 36.5 Å². The summed E-state index contributed by atoms with van der Waals surface area (Å²) in [6.07, 6.45) is 2.11. The summed E-state index contributed by atoms with van der Waals surface area (Å²) in [5, 5.41) is 3.08. The number of fused-ring (bicyclic) bond motifs is 1. The van der Waals surface area contributed by atoms with E-state index in [0.29, 0.717) is 5.69 Å². The minimum atomic E-state index is -0.585. The topological polar surface area (TPSA) is 57.5 Å². The van der Waals surface area contributed by atoms with Crippen LogP contribution in [0.4, 0.5) is 0 Å². The van der Waals surface area contributed by atoms with Crippen LogP contribution in [0, 0.1) is 0 Å². The van der Waals surface area contributed by atoms with E-state index in [1.807, 2.05) is 24.3 Å². The van der Waals surface area contributed by atoms with Crippen molar-refractivity contribution in [3.63, 3.8) is 0 Å². The average Bonchev–Trinajstić information content (AvgIpc) is 2.93. The second kappa shape index (κ2) is 8.76. The molecule has 5 nitrogen and oxygen atoms in total. The molecule has 0 saturated heterocycles. The van der Waals surface area contributed by atoms with Gasteiger partial charge in [-0.25, -0.2) is 9.59 Å². The molecule has 0 atom stereocenters. The first-order valence-electron chi connectivity index (χ1n) is 8.21. The quantitative estimate of drug-likeness (QED) is 0.425. The predicted octanol–water partition coefficient (Wildman–Crippen LogP) is 3.89. The van der Waals surface area contributed by atoms with Crippen molar-refractivity contribution in [3.8, 4) is 0 Å². The zero-order chi connectivity index (χ0) is 18.4. The van der Waals surface area contributed by atoms with Gasteiger partial charge in [-0.15, -0.1) is 11.8 Å². The number of methoxy groups -OCH3 is 2. The molecule has 25 heavy (non-hydrogen) atoms. The maximum absolute atomic E-state index is 12.4. The first kappa shape index (κ1) is 19.1. The summed E-state index contributed by atoms with van der Waals surface area (Å²) in [5.74, 6) is -0.233. The molecule has 0 unspecified atom stereocenters. The maximum atomic E-state index is 12.4. The van der Waals surface area contributed by atoms with Gasteiger partial charge in [0.2, 0.25) is 0 Å². The van der Waals surface area contributed by atoms with Gasteiger partial charge < -0.3 is 14.0 Å². The van der Waals surface area contributed by atoms with Crippen molar-refractivity contribution in [1.82, 2.24) is 4.57 Å². The lowest BCUT2D eigenvalue weighted by molar-refractivity contribution is -0.136. The van der Waals surface area contributed by atoms with Crippen molar-refractivity contribution < 1.29 is 19.1 Å². The van der Waals surface area contributed by atoms with Crippen LogP contribution in [0.2, 0.25) is 0 Å². The summed E-state index contributed by atoms with van der Waals surface area (Å²) < 4.78 is 11.8. The molecule has 0 spiro atoms. The van der Waals surface area contributed by atoms with Crippen molar-refractivity contribution in [1.29, 1.82) is 0 Å². The molecular weight excluding hydrogens is 338 g/mol. The standard InChI is InChI=1S/C19H23NO4S/c1-5-11-20-17(15(19(22)24-4)12-16(21)23-3)13-9-7-8-10-14(13)18(20)25-6-2/h7-10,12H,5-6,11H2,1-4H3/b15-12+. The minimum Gasteiger partial charge on any atom is -0.466 e. The predicted molar refractivity (Wildman–Crippen MR) is 101 cm³/mol. The Bertz CT molecular complexity index is 807. The largest absolute Gasteiger partial charge is 0.466 e. The number of carbonyl (C=O) groups excluding carboxylic acids is 2. The summed E-state index contributed by atoms with van der Waals surface area (Å²) in [5.41, 5.74) is 0.910. The Morgan fingerprint density at radius 2 is 1.80 bits per heavy atom. The number of benzene rings is 1. The van der Waals surface area contributed by atoms with E-state index in [1.54, 1.807) is 11.8 Å². The zero-order valence-electron chi connectivity index (χ0n) is 15.0. The van der Waals surface area contributed by atoms with Crippen LogP contribution in [-0.2, 0) is 25.6 Å². The van der Waals surface area contributed by atoms with E-state index in [4.69, 9.17) is 9.47 Å². The highest BCUT2D eigenvalue weighted by Gasteiger charge is 2.24. The fourth-order valence-corrected chi connectivity index (χ4v) is 3.74. The van der Waals surface area contributed by atoms with Crippen molar-refractivity contribution >= 4 is 40.0 Å². The highest BCUT2D eigenvalue weighted by Crippen LogP contribution is 2.37. The van der Waals surface area contributed by atoms with Crippen molar-refractivity contribution in [2.24, 2.45) is 0 Å². The van der Waals surface area contributed by atoms with Gasteiger partial charge in [-0.05, 0) is 12.2 Å². The van der Waals surface area contributed by atoms with Crippen LogP contribution < -0.4 is 0 Å². The number of esters is 2. The molecule has 0 N–H and O–H groups in total. The molecule has 0 saturated carbocycles. The molecule has 2 aromatic rings. The Kier molecular flexibility index (Phi) is 6.70. The average molecular weight is 361 g/mol. The molecule has 134 valence electrons. The van der Waals surface area contributed by atoms with E-state index in [1.165, 1.54) is 20.3 Å². The normalized spacial score (nSPS) is 11.6. The summed E-state index contributed by atoms with van der Waals surface area (Å²) in [6, 6.07) is 7.90. The molecular formula is C19H23NO4S. The monoisotopic (exact) mass is 361 g/mol. The Labute approximate surface area is 152 Å². The lowest BCUT2D eigenvalue weighted by atomic mass is 10.1. The van der Waals surface area contributed by atoms with E-state index in [0.717, 1.165) is 34.5 Å². The third kappa shape index (κ3) is 3.90. The smallest absolute Gasteiger partial charge is 0.340 e. The second-order valence-corrected chi connectivity index (χ2v) is 6.61. The van der Waals surface area contributed by atoms with Crippen molar-refractivity contribution in [3.05, 3.63) is 36.0 Å². The fraction of sp³-hybridized carbons (Fsp3) is 0.368. The second-order valence-electron chi connectivity index (χ2n) is 5.36. The van der Waals surface area contributed by atoms with E-state index < -0.39 is 11.9 Å². The number of hydrogen-bond acceptors (Lipinski definition) is 5. The molecule has 1 heterocycles. The van der Waals surface area contributed by atoms with Gasteiger partial charge in [0.1, 0.15) is 0 Å². The van der Waals surface area contributed by atoms with Gasteiger partial charge in [-0.1, -0.05) is 38.1 Å². The van der Waals surface area contributed by atoms with Gasteiger partial charge >= 0.3 is 11.9 Å². The first-order valence-corrected chi connectivity index (χ1v) is 9.19. The van der Waals surface area contributed by atoms with Crippen LogP contribution >= 0.6 is 11.8 Å². The van der Waals surface area contributed by atoms with Gasteiger partial charge in [0.25, 0.3) is 0 Å². The summed E-state index contributed by atoms with van der Waals surface area (Å²) >= 11 is 1.72. The SMILES string of the molecule is CCCn1c(SCC)c2ccccc2c1/C(=C\C(=O)OC)C(=O)OC. The van der Waals surface area contributed by atoms with E-state index in [9.17, 15) is 9.59 Å². The van der Waals surface area contributed by atoms with E-state index in [2.05, 4.69) is 18.4 Å². The van der Waals surface area contributed by atoms with Crippen LogP contribution in [0.5, 0.6) is 0 Å². The molecule has 0 amide bonds. The highest BCUT2D eigenvalue weighted by atomic mass is 32.2. The van der Waals surface area contributed by atoms with Gasteiger partial charge in [0.05, 0.1) is 30.5 Å². The van der Waals surface area contributed by atoms with Gasteiger partial charge in [-0.3, -0.25) is 0 Å². The number of rotatable bonds is 7. The Morgan fingerprint density at radius 3 is 2.36 bits per heavy atom. The molecule has 1 aromatic carbocycles. The lowest BCUT2D eigenvalue weighted by Crippen LogP contribution is -2.12. The number of ether oxygens (including phenoxy) is 2. The molecule has 0 aliphatic rings. The van der Waals surface area contributed by atoms with Crippen molar-refractivity contribution in [2.75, 3.05) is 20.0 Å². The lowest BCUT2D eigenvalue weighted by Gasteiger charge is -2.13. The zero-order valence-corrected chi connectivity index (χ0v) is 15.8. The van der Waals surface area contributed by atoms with Gasteiger partial charge in [0.15, 0.2) is 0 Å². The minimum absolute atomic E-state index is 0.210. The number of nitrogens with zero attached hydrogens (tertiary/aromatic N) is 1. The van der Waals surface area contributed by atoms with Crippen LogP contribution in [0.1, 0.15) is 26.0 Å². The molecule has 0 aliphatic heterocycles. The third-order valence-electron chi connectivity index (χ3n) is 3.78. The van der Waals surface area contributed by atoms with Crippen LogP contribution in [0.25, 0.3) is 16.3 Å². The van der Waals surface area contributed by atoms with Gasteiger partial charge in [-0.2, -0.15) is 0 Å². The van der Waals surface area contributed by atoms with E-state index in [-0.39, 0.29) is 5.57 Å². The van der Waals surface area contributed by atoms with E-state index >= 15 is 0 Å². The summed E-state index contributed by atoms with van der Waals surface area (Å²) in [6.45, 7) is 4.91. The van der Waals surface area contributed by atoms with Crippen molar-refractivity contribution in [2.45, 2.75) is 31.8 Å². The first-order chi connectivity index (χ1) is 12.1. The Hall–Kier alpha value is -2.21. The van der Waals surface area contributed by atoms with Crippen LogP contribution in [0.15, 0.2) is 35.4 Å². The number of hydrogen-bond donors (Lipinski definition) is 0. The molecule has 0 bridgehead atoms.